The van der Waals surface area contributed by atoms with Crippen molar-refractivity contribution in [1.82, 2.24) is 5.32 Å². The average molecular weight is 353 g/mol. The number of benzene rings is 2. The van der Waals surface area contributed by atoms with Crippen LogP contribution >= 0.6 is 0 Å². The Kier molecular flexibility index (Phi) is 10.2. The lowest BCUT2D eigenvalue weighted by Gasteiger charge is -2.09. The van der Waals surface area contributed by atoms with Gasteiger partial charge in [0.1, 0.15) is 0 Å². The maximum absolute atomic E-state index is 12.4. The van der Waals surface area contributed by atoms with Gasteiger partial charge in [-0.05, 0) is 36.8 Å². The number of carbonyl (C=O) groups excluding carboxylic acids is 1. The van der Waals surface area contributed by atoms with Crippen LogP contribution in [0.15, 0.2) is 48.5 Å². The monoisotopic (exact) mass is 353 g/mol. The summed E-state index contributed by atoms with van der Waals surface area (Å²) in [5.41, 5.74) is 1.49. The van der Waals surface area contributed by atoms with E-state index in [1.807, 2.05) is 46.8 Å². The third-order valence-electron chi connectivity index (χ3n) is 3.05. The van der Waals surface area contributed by atoms with E-state index in [1.165, 1.54) is 12.1 Å². The zero-order valence-corrected chi connectivity index (χ0v) is 15.4. The summed E-state index contributed by atoms with van der Waals surface area (Å²) in [4.78, 5) is 11.9. The van der Waals surface area contributed by atoms with Gasteiger partial charge in [0.25, 0.3) is 5.91 Å². The molecule has 0 radical (unpaired) electrons. The number of carbonyl (C=O) groups is 1. The van der Waals surface area contributed by atoms with Crippen LogP contribution in [0.3, 0.4) is 0 Å². The minimum Gasteiger partial charge on any atom is -0.348 e. The molecule has 2 rings (SSSR count). The van der Waals surface area contributed by atoms with Crippen LogP contribution in [0.5, 0.6) is 0 Å². The van der Waals surface area contributed by atoms with Crippen molar-refractivity contribution in [1.29, 1.82) is 0 Å². The van der Waals surface area contributed by atoms with Gasteiger partial charge < -0.3 is 5.32 Å². The Labute approximate surface area is 148 Å². The van der Waals surface area contributed by atoms with Crippen LogP contribution in [-0.2, 0) is 12.7 Å². The van der Waals surface area contributed by atoms with E-state index in [1.54, 1.807) is 12.1 Å². The first-order valence-corrected chi connectivity index (χ1v) is 8.37. The summed E-state index contributed by atoms with van der Waals surface area (Å²) in [7, 11) is 0. The molecular weight excluding hydrogens is 327 g/mol. The van der Waals surface area contributed by atoms with E-state index in [0.29, 0.717) is 11.1 Å². The molecular formula is C20H26F3NO. The van der Waals surface area contributed by atoms with Crippen LogP contribution < -0.4 is 5.32 Å². The molecule has 0 fully saturated rings. The van der Waals surface area contributed by atoms with E-state index in [2.05, 4.69) is 5.32 Å². The van der Waals surface area contributed by atoms with Gasteiger partial charge in [0.15, 0.2) is 0 Å². The van der Waals surface area contributed by atoms with Crippen molar-refractivity contribution < 1.29 is 18.0 Å². The standard InChI is InChI=1S/C16H14F3NO.2C2H6/c1-11-2-6-13(7-3-11)15(21)20-10-12-4-8-14(9-5-12)16(17,18)19;2*1-2/h2-9H,10H2,1H3,(H,20,21);2*1-2H3. The summed E-state index contributed by atoms with van der Waals surface area (Å²) in [5.74, 6) is -0.255. The quantitative estimate of drug-likeness (QED) is 0.721. The third-order valence-corrected chi connectivity index (χ3v) is 3.05. The highest BCUT2D eigenvalue weighted by molar-refractivity contribution is 5.94. The predicted octanol–water partition coefficient (Wildman–Crippen LogP) is 6.00. The van der Waals surface area contributed by atoms with Crippen LogP contribution in [0, 0.1) is 6.92 Å². The Bertz CT molecular complexity index is 617. The number of alkyl halides is 3. The number of amides is 1. The molecule has 0 heterocycles. The largest absolute Gasteiger partial charge is 0.416 e. The summed E-state index contributed by atoms with van der Waals surface area (Å²) in [6.07, 6.45) is -4.34. The highest BCUT2D eigenvalue weighted by Gasteiger charge is 2.29. The maximum atomic E-state index is 12.4. The number of halogens is 3. The number of rotatable bonds is 3. The molecule has 2 nitrogen and oxygen atoms in total. The number of nitrogens with one attached hydrogen (secondary N) is 1. The lowest BCUT2D eigenvalue weighted by Crippen LogP contribution is -2.22. The van der Waals surface area contributed by atoms with Crippen molar-refractivity contribution in [2.45, 2.75) is 47.3 Å². The molecule has 5 heteroatoms. The summed E-state index contributed by atoms with van der Waals surface area (Å²) in [6.45, 7) is 10.1. The summed E-state index contributed by atoms with van der Waals surface area (Å²) >= 11 is 0. The molecule has 0 bridgehead atoms. The second-order valence-electron chi connectivity index (χ2n) is 4.74. The Morgan fingerprint density at radius 2 is 1.36 bits per heavy atom. The molecule has 0 unspecified atom stereocenters. The fourth-order valence-corrected chi connectivity index (χ4v) is 1.80. The van der Waals surface area contributed by atoms with E-state index in [-0.39, 0.29) is 12.5 Å². The molecule has 0 spiro atoms. The molecule has 2 aromatic rings. The van der Waals surface area contributed by atoms with Crippen LogP contribution in [-0.4, -0.2) is 5.91 Å². The van der Waals surface area contributed by atoms with Gasteiger partial charge >= 0.3 is 6.18 Å². The van der Waals surface area contributed by atoms with Gasteiger partial charge in [0, 0.05) is 12.1 Å². The molecule has 0 atom stereocenters. The number of hydrogen-bond acceptors (Lipinski definition) is 1. The zero-order valence-electron chi connectivity index (χ0n) is 15.4. The maximum Gasteiger partial charge on any atom is 0.416 e. The second-order valence-corrected chi connectivity index (χ2v) is 4.74. The van der Waals surface area contributed by atoms with Gasteiger partial charge in [-0.2, -0.15) is 13.2 Å². The van der Waals surface area contributed by atoms with Crippen molar-refractivity contribution in [2.24, 2.45) is 0 Å². The van der Waals surface area contributed by atoms with Gasteiger partial charge in [-0.25, -0.2) is 0 Å². The fraction of sp³-hybridized carbons (Fsp3) is 0.350. The first-order valence-electron chi connectivity index (χ1n) is 8.37. The third kappa shape index (κ3) is 7.88. The van der Waals surface area contributed by atoms with Crippen LogP contribution in [0.2, 0.25) is 0 Å². The van der Waals surface area contributed by atoms with Crippen LogP contribution in [0.1, 0.15) is 54.7 Å². The van der Waals surface area contributed by atoms with E-state index in [4.69, 9.17) is 0 Å². The van der Waals surface area contributed by atoms with Gasteiger partial charge in [0.05, 0.1) is 5.56 Å². The zero-order chi connectivity index (χ0) is 19.5. The predicted molar refractivity (Wildman–Crippen MR) is 96.5 cm³/mol. The average Bonchev–Trinajstić information content (AvgIpc) is 2.63. The minimum atomic E-state index is -4.34. The van der Waals surface area contributed by atoms with Crippen molar-refractivity contribution >= 4 is 5.91 Å². The van der Waals surface area contributed by atoms with Crippen molar-refractivity contribution in [3.63, 3.8) is 0 Å². The molecule has 0 aliphatic carbocycles. The van der Waals surface area contributed by atoms with Crippen molar-refractivity contribution in [2.75, 3.05) is 0 Å². The SMILES string of the molecule is CC.CC.Cc1ccc(C(=O)NCc2ccc(C(F)(F)F)cc2)cc1. The normalized spacial score (nSPS) is 9.92. The van der Waals surface area contributed by atoms with E-state index >= 15 is 0 Å². The van der Waals surface area contributed by atoms with Crippen LogP contribution in [0.25, 0.3) is 0 Å². The molecule has 0 saturated carbocycles. The van der Waals surface area contributed by atoms with Crippen molar-refractivity contribution in [3.05, 3.63) is 70.8 Å². The molecule has 1 amide bonds. The van der Waals surface area contributed by atoms with E-state index < -0.39 is 11.7 Å². The summed E-state index contributed by atoms with van der Waals surface area (Å²) in [5, 5.41) is 2.67. The van der Waals surface area contributed by atoms with E-state index in [0.717, 1.165) is 17.7 Å². The number of hydrogen-bond donors (Lipinski definition) is 1. The van der Waals surface area contributed by atoms with Gasteiger partial charge in [0.2, 0.25) is 0 Å². The molecule has 1 N–H and O–H groups in total. The molecule has 0 aromatic heterocycles. The molecule has 25 heavy (non-hydrogen) atoms. The van der Waals surface area contributed by atoms with Gasteiger partial charge in [-0.15, -0.1) is 0 Å². The lowest BCUT2D eigenvalue weighted by atomic mass is 10.1. The van der Waals surface area contributed by atoms with Crippen molar-refractivity contribution in [3.8, 4) is 0 Å². The molecule has 2 aromatic carbocycles. The molecule has 0 aliphatic rings. The summed E-state index contributed by atoms with van der Waals surface area (Å²) in [6, 6.07) is 11.8. The first-order chi connectivity index (χ1) is 11.9. The Hall–Kier alpha value is -2.30. The fourth-order valence-electron chi connectivity index (χ4n) is 1.80. The Balaban J connectivity index is 0.00000134. The minimum absolute atomic E-state index is 0.185. The van der Waals surface area contributed by atoms with E-state index in [9.17, 15) is 18.0 Å². The topological polar surface area (TPSA) is 29.1 Å². The molecule has 138 valence electrons. The van der Waals surface area contributed by atoms with Crippen LogP contribution in [0.4, 0.5) is 13.2 Å². The molecule has 0 aliphatic heterocycles. The number of aryl methyl sites for hydroxylation is 1. The molecule has 0 saturated heterocycles. The summed E-state index contributed by atoms with van der Waals surface area (Å²) < 4.78 is 37.3. The first kappa shape index (κ1) is 22.7. The smallest absolute Gasteiger partial charge is 0.348 e. The van der Waals surface area contributed by atoms with Gasteiger partial charge in [-0.3, -0.25) is 4.79 Å². The Morgan fingerprint density at radius 1 is 0.880 bits per heavy atom. The Morgan fingerprint density at radius 3 is 1.80 bits per heavy atom. The second kappa shape index (κ2) is 11.3. The lowest BCUT2D eigenvalue weighted by molar-refractivity contribution is -0.137. The van der Waals surface area contributed by atoms with Gasteiger partial charge in [-0.1, -0.05) is 57.5 Å². The highest BCUT2D eigenvalue weighted by Crippen LogP contribution is 2.29. The highest BCUT2D eigenvalue weighted by atomic mass is 19.4.